The molecule has 4 rings (SSSR count). The maximum absolute atomic E-state index is 12.4. The molecule has 6 heteroatoms. The Bertz CT molecular complexity index is 809. The molecule has 5 nitrogen and oxygen atoms in total. The van der Waals surface area contributed by atoms with E-state index >= 15 is 0 Å². The number of piperidine rings is 1. The molecule has 0 radical (unpaired) electrons. The molecule has 0 aliphatic carbocycles. The van der Waals surface area contributed by atoms with E-state index < -0.39 is 0 Å². The van der Waals surface area contributed by atoms with Crippen molar-refractivity contribution in [2.24, 2.45) is 0 Å². The Morgan fingerprint density at radius 3 is 2.75 bits per heavy atom. The van der Waals surface area contributed by atoms with E-state index in [2.05, 4.69) is 16.0 Å². The summed E-state index contributed by atoms with van der Waals surface area (Å²) in [6.45, 7) is 1.40. The van der Waals surface area contributed by atoms with Crippen LogP contribution < -0.4 is 4.74 Å². The molecule has 0 spiro atoms. The lowest BCUT2D eigenvalue weighted by Gasteiger charge is -2.31. The van der Waals surface area contributed by atoms with Crippen LogP contribution in [-0.2, 0) is 0 Å². The topological polar surface area (TPSA) is 55.3 Å². The first kappa shape index (κ1) is 15.1. The summed E-state index contributed by atoms with van der Waals surface area (Å²) < 4.78 is 7.17. The summed E-state index contributed by atoms with van der Waals surface area (Å²) in [5.41, 5.74) is 1.62. The van der Waals surface area contributed by atoms with Gasteiger partial charge in [-0.05, 0) is 24.3 Å². The van der Waals surface area contributed by atoms with E-state index in [0.717, 1.165) is 23.1 Å². The number of fused-ring (bicyclic) bond motifs is 1. The van der Waals surface area contributed by atoms with Crippen LogP contribution in [0.3, 0.4) is 0 Å². The lowest BCUT2D eigenvalue weighted by atomic mass is 10.1. The summed E-state index contributed by atoms with van der Waals surface area (Å²) in [7, 11) is 0. The molecule has 0 unspecified atom stereocenters. The molecule has 1 amide bonds. The Morgan fingerprint density at radius 1 is 1.17 bits per heavy atom. The highest BCUT2D eigenvalue weighted by Crippen LogP contribution is 2.29. The second-order valence-corrected chi connectivity index (χ2v) is 6.79. The number of benzene rings is 1. The first-order chi connectivity index (χ1) is 11.8. The average Bonchev–Trinajstić information content (AvgIpc) is 3.05. The van der Waals surface area contributed by atoms with E-state index in [0.29, 0.717) is 23.8 Å². The normalized spacial score (nSPS) is 15.6. The summed E-state index contributed by atoms with van der Waals surface area (Å²) in [6.07, 6.45) is 5.05. The largest absolute Gasteiger partial charge is 0.467 e. The fraction of sp³-hybridized carbons (Fsp3) is 0.278. The van der Waals surface area contributed by atoms with E-state index in [4.69, 9.17) is 4.74 Å². The van der Waals surface area contributed by atoms with Gasteiger partial charge in [-0.25, -0.2) is 4.98 Å². The third-order valence-electron chi connectivity index (χ3n) is 4.18. The van der Waals surface area contributed by atoms with Crippen molar-refractivity contribution in [2.75, 3.05) is 13.1 Å². The predicted molar refractivity (Wildman–Crippen MR) is 93.4 cm³/mol. The maximum atomic E-state index is 12.4. The summed E-state index contributed by atoms with van der Waals surface area (Å²) in [6, 6.07) is 11.6. The van der Waals surface area contributed by atoms with Gasteiger partial charge in [-0.3, -0.25) is 9.78 Å². The minimum absolute atomic E-state index is 0.0431. The predicted octanol–water partition coefficient (Wildman–Crippen LogP) is 3.37. The van der Waals surface area contributed by atoms with Crippen LogP contribution in [0.4, 0.5) is 0 Å². The number of rotatable bonds is 3. The van der Waals surface area contributed by atoms with E-state index in [1.165, 1.54) is 0 Å². The summed E-state index contributed by atoms with van der Waals surface area (Å²) in [4.78, 5) is 22.8. The van der Waals surface area contributed by atoms with Gasteiger partial charge in [0.05, 0.1) is 15.8 Å². The van der Waals surface area contributed by atoms with Gasteiger partial charge in [0.1, 0.15) is 6.10 Å². The molecule has 1 fully saturated rings. The molecule has 1 aliphatic heterocycles. The van der Waals surface area contributed by atoms with Crippen LogP contribution >= 0.6 is 11.3 Å². The number of thiazole rings is 1. The standard InChI is InChI=1S/C18H17N3O2S/c22-17(13-4-3-9-19-12-13)21-10-7-14(8-11-21)23-18-20-15-5-1-2-6-16(15)24-18/h1-6,9,12,14H,7-8,10-11H2. The van der Waals surface area contributed by atoms with Crippen LogP contribution in [0.5, 0.6) is 5.19 Å². The van der Waals surface area contributed by atoms with E-state index in [1.54, 1.807) is 35.9 Å². The third-order valence-corrected chi connectivity index (χ3v) is 5.11. The molecule has 1 aromatic carbocycles. The van der Waals surface area contributed by atoms with Crippen molar-refractivity contribution in [2.45, 2.75) is 18.9 Å². The Morgan fingerprint density at radius 2 is 2.00 bits per heavy atom. The lowest BCUT2D eigenvalue weighted by molar-refractivity contribution is 0.0595. The number of nitrogens with zero attached hydrogens (tertiary/aromatic N) is 3. The van der Waals surface area contributed by atoms with Gasteiger partial charge in [0.2, 0.25) is 0 Å². The van der Waals surface area contributed by atoms with Gasteiger partial charge in [-0.1, -0.05) is 23.5 Å². The van der Waals surface area contributed by atoms with Gasteiger partial charge < -0.3 is 9.64 Å². The van der Waals surface area contributed by atoms with Crippen molar-refractivity contribution in [3.05, 3.63) is 54.4 Å². The molecule has 0 N–H and O–H groups in total. The molecular formula is C18H17N3O2S. The highest BCUT2D eigenvalue weighted by molar-refractivity contribution is 7.20. The molecule has 3 aromatic rings. The van der Waals surface area contributed by atoms with Crippen molar-refractivity contribution >= 4 is 27.5 Å². The average molecular weight is 339 g/mol. The minimum atomic E-state index is 0.0431. The molecule has 24 heavy (non-hydrogen) atoms. The van der Waals surface area contributed by atoms with Crippen molar-refractivity contribution in [3.8, 4) is 5.19 Å². The molecular weight excluding hydrogens is 322 g/mol. The first-order valence-corrected chi connectivity index (χ1v) is 8.83. The van der Waals surface area contributed by atoms with Crippen molar-refractivity contribution < 1.29 is 9.53 Å². The van der Waals surface area contributed by atoms with Crippen LogP contribution in [0.25, 0.3) is 10.2 Å². The van der Waals surface area contributed by atoms with Gasteiger partial charge in [-0.2, -0.15) is 0 Å². The zero-order valence-electron chi connectivity index (χ0n) is 13.1. The molecule has 1 aliphatic rings. The molecule has 0 saturated carbocycles. The Hall–Kier alpha value is -2.47. The van der Waals surface area contributed by atoms with Crippen LogP contribution in [-0.4, -0.2) is 40.0 Å². The highest BCUT2D eigenvalue weighted by atomic mass is 32.1. The number of carbonyl (C=O) groups excluding carboxylic acids is 1. The van der Waals surface area contributed by atoms with Crippen molar-refractivity contribution in [1.82, 2.24) is 14.9 Å². The maximum Gasteiger partial charge on any atom is 0.274 e. The fourth-order valence-electron chi connectivity index (χ4n) is 2.89. The van der Waals surface area contributed by atoms with E-state index in [9.17, 15) is 4.79 Å². The number of hydrogen-bond donors (Lipinski definition) is 0. The zero-order valence-corrected chi connectivity index (χ0v) is 13.9. The van der Waals surface area contributed by atoms with Crippen LogP contribution in [0.15, 0.2) is 48.8 Å². The molecule has 1 saturated heterocycles. The van der Waals surface area contributed by atoms with Gasteiger partial charge in [0.25, 0.3) is 11.1 Å². The monoisotopic (exact) mass is 339 g/mol. The third kappa shape index (κ3) is 3.10. The smallest absolute Gasteiger partial charge is 0.274 e. The number of hydrogen-bond acceptors (Lipinski definition) is 5. The molecule has 3 heterocycles. The Balaban J connectivity index is 1.37. The fourth-order valence-corrected chi connectivity index (χ4v) is 3.77. The number of amides is 1. The summed E-state index contributed by atoms with van der Waals surface area (Å²) >= 11 is 1.57. The lowest BCUT2D eigenvalue weighted by Crippen LogP contribution is -2.41. The number of pyridine rings is 1. The number of carbonyl (C=O) groups is 1. The molecule has 2 aromatic heterocycles. The Kier molecular flexibility index (Phi) is 4.13. The molecule has 0 atom stereocenters. The zero-order chi connectivity index (χ0) is 16.4. The SMILES string of the molecule is O=C(c1cccnc1)N1CCC(Oc2nc3ccccc3s2)CC1. The van der Waals surface area contributed by atoms with Crippen molar-refractivity contribution in [3.63, 3.8) is 0 Å². The summed E-state index contributed by atoms with van der Waals surface area (Å²) in [5, 5.41) is 0.716. The number of para-hydroxylation sites is 1. The second-order valence-electron chi connectivity index (χ2n) is 5.80. The van der Waals surface area contributed by atoms with Gasteiger partial charge in [0.15, 0.2) is 0 Å². The highest BCUT2D eigenvalue weighted by Gasteiger charge is 2.25. The number of ether oxygens (including phenoxy) is 1. The van der Waals surface area contributed by atoms with E-state index in [1.807, 2.05) is 23.1 Å². The van der Waals surface area contributed by atoms with Crippen molar-refractivity contribution in [1.29, 1.82) is 0 Å². The van der Waals surface area contributed by atoms with Gasteiger partial charge in [0, 0.05) is 38.3 Å². The first-order valence-electron chi connectivity index (χ1n) is 8.01. The van der Waals surface area contributed by atoms with Crippen LogP contribution in [0.1, 0.15) is 23.2 Å². The number of likely N-dealkylation sites (tertiary alicyclic amines) is 1. The van der Waals surface area contributed by atoms with E-state index in [-0.39, 0.29) is 12.0 Å². The van der Waals surface area contributed by atoms with Crippen LogP contribution in [0.2, 0.25) is 0 Å². The van der Waals surface area contributed by atoms with Crippen LogP contribution in [0, 0.1) is 0 Å². The van der Waals surface area contributed by atoms with Gasteiger partial charge >= 0.3 is 0 Å². The number of aromatic nitrogens is 2. The van der Waals surface area contributed by atoms with Gasteiger partial charge in [-0.15, -0.1) is 0 Å². The molecule has 0 bridgehead atoms. The summed E-state index contributed by atoms with van der Waals surface area (Å²) in [5.74, 6) is 0.0431. The molecule has 122 valence electrons. The Labute approximate surface area is 143 Å². The minimum Gasteiger partial charge on any atom is -0.467 e. The second kappa shape index (κ2) is 6.57. The quantitative estimate of drug-likeness (QED) is 0.734.